The molecule has 1 fully saturated rings. The zero-order chi connectivity index (χ0) is 8.48. The van der Waals surface area contributed by atoms with Gasteiger partial charge in [0.2, 0.25) is 0 Å². The maximum absolute atomic E-state index is 10.9. The molecule has 0 radical (unpaired) electrons. The Balaban J connectivity index is 2.66. The number of rotatable bonds is 2. The van der Waals surface area contributed by atoms with Gasteiger partial charge in [-0.25, -0.2) is 0 Å². The Morgan fingerprint density at radius 2 is 2.18 bits per heavy atom. The van der Waals surface area contributed by atoms with Gasteiger partial charge in [-0.3, -0.25) is 0 Å². The van der Waals surface area contributed by atoms with E-state index < -0.39 is 15.9 Å². The Hall–Kier alpha value is 0.0995. The molecular weight excluding hydrogens is 233 g/mol. The average Bonchev–Trinajstić information content (AvgIpc) is 2.07. The minimum absolute atomic E-state index is 0.0526. The summed E-state index contributed by atoms with van der Waals surface area (Å²) in [5, 5.41) is 15.8. The van der Waals surface area contributed by atoms with E-state index in [9.17, 15) is 13.5 Å². The standard InChI is InChI=1S/C5H9NO3SSe/c6-3-11-5-2-10(8,9)1-4(5)7/h3-7H,1-2H2/p+1. The van der Waals surface area contributed by atoms with E-state index in [1.54, 1.807) is 0 Å². The Kier molecular flexibility index (Phi) is 2.70. The van der Waals surface area contributed by atoms with Crippen molar-refractivity contribution in [3.8, 4) is 0 Å². The van der Waals surface area contributed by atoms with Crippen molar-refractivity contribution in [2.75, 3.05) is 11.5 Å². The number of aliphatic hydroxyl groups excluding tert-OH is 1. The first-order valence-electron chi connectivity index (χ1n) is 3.12. The quantitative estimate of drug-likeness (QED) is 0.402. The fraction of sp³-hybridized carbons (Fsp3) is 0.800. The number of hydrogen-bond donors (Lipinski definition) is 2. The van der Waals surface area contributed by atoms with E-state index in [1.807, 2.05) is 0 Å². The molecule has 1 heterocycles. The van der Waals surface area contributed by atoms with Crippen LogP contribution in [0.15, 0.2) is 0 Å². The van der Waals surface area contributed by atoms with Crippen molar-refractivity contribution in [2.45, 2.75) is 10.9 Å². The Morgan fingerprint density at radius 1 is 1.55 bits per heavy atom. The first kappa shape index (κ1) is 9.19. The molecule has 0 bridgehead atoms. The third-order valence-corrected chi connectivity index (χ3v) is 5.79. The summed E-state index contributed by atoms with van der Waals surface area (Å²) in [6.45, 7) is 0. The molecule has 0 aromatic carbocycles. The van der Waals surface area contributed by atoms with Crippen LogP contribution in [-0.2, 0) is 9.84 Å². The van der Waals surface area contributed by atoms with E-state index in [0.29, 0.717) is 0 Å². The van der Waals surface area contributed by atoms with Crippen molar-refractivity contribution in [1.29, 1.82) is 0 Å². The predicted octanol–water partition coefficient (Wildman–Crippen LogP) is -2.94. The normalized spacial score (nSPS) is 35.4. The van der Waals surface area contributed by atoms with E-state index in [1.165, 1.54) is 5.11 Å². The molecule has 0 saturated carbocycles. The van der Waals surface area contributed by atoms with Crippen LogP contribution in [0, 0.1) is 0 Å². The van der Waals surface area contributed by atoms with Crippen LogP contribution >= 0.6 is 0 Å². The predicted molar refractivity (Wildman–Crippen MR) is 42.2 cm³/mol. The Bertz CT molecular complexity index is 250. The molecule has 3 N–H and O–H groups in total. The maximum atomic E-state index is 10.9. The van der Waals surface area contributed by atoms with Gasteiger partial charge in [-0.2, -0.15) is 0 Å². The number of sulfone groups is 1. The van der Waals surface area contributed by atoms with Crippen molar-refractivity contribution in [3.05, 3.63) is 0 Å². The van der Waals surface area contributed by atoms with Crippen LogP contribution in [0.3, 0.4) is 0 Å². The molecule has 1 saturated heterocycles. The first-order valence-corrected chi connectivity index (χ1v) is 6.92. The molecule has 1 rings (SSSR count). The number of nitrogens with two attached hydrogens (primary N) is 1. The van der Waals surface area contributed by atoms with Gasteiger partial charge in [0.15, 0.2) is 0 Å². The Morgan fingerprint density at radius 3 is 2.55 bits per heavy atom. The number of aliphatic hydroxyl groups is 1. The molecule has 64 valence electrons. The molecule has 4 nitrogen and oxygen atoms in total. The summed E-state index contributed by atoms with van der Waals surface area (Å²) < 4.78 is 21.8. The molecule has 0 amide bonds. The summed E-state index contributed by atoms with van der Waals surface area (Å²) in [4.78, 5) is -0.127. The second kappa shape index (κ2) is 3.23. The first-order chi connectivity index (χ1) is 5.05. The van der Waals surface area contributed by atoms with Crippen molar-refractivity contribution >= 4 is 29.9 Å². The van der Waals surface area contributed by atoms with Gasteiger partial charge in [0.1, 0.15) is 0 Å². The van der Waals surface area contributed by atoms with E-state index in [4.69, 9.17) is 5.41 Å². The second-order valence-electron chi connectivity index (χ2n) is 2.45. The van der Waals surface area contributed by atoms with E-state index in [0.717, 1.165) is 0 Å². The second-order valence-corrected chi connectivity index (χ2v) is 7.02. The molecular formula is C5H10NO3SSe+. The summed E-state index contributed by atoms with van der Waals surface area (Å²) in [5.41, 5.74) is 0. The van der Waals surface area contributed by atoms with Gasteiger partial charge in [-0.15, -0.1) is 0 Å². The summed E-state index contributed by atoms with van der Waals surface area (Å²) in [7, 11) is -2.98. The van der Waals surface area contributed by atoms with Crippen LogP contribution in [0.5, 0.6) is 0 Å². The molecule has 1 aliphatic rings. The molecule has 6 heteroatoms. The fourth-order valence-corrected chi connectivity index (χ4v) is 5.80. The van der Waals surface area contributed by atoms with Crippen LogP contribution < -0.4 is 5.41 Å². The van der Waals surface area contributed by atoms with Gasteiger partial charge in [-0.1, -0.05) is 0 Å². The van der Waals surface area contributed by atoms with Crippen LogP contribution in [0.25, 0.3) is 0 Å². The SMILES string of the molecule is [NH2+]=C[Se]C1CS(=O)(=O)CC1O. The number of hydrogen-bond acceptors (Lipinski definition) is 3. The van der Waals surface area contributed by atoms with Crippen molar-refractivity contribution < 1.29 is 18.9 Å². The van der Waals surface area contributed by atoms with Crippen molar-refractivity contribution in [3.63, 3.8) is 0 Å². The van der Waals surface area contributed by atoms with Gasteiger partial charge in [0, 0.05) is 0 Å². The summed E-state index contributed by atoms with van der Waals surface area (Å²) in [6, 6.07) is 0. The molecule has 2 atom stereocenters. The van der Waals surface area contributed by atoms with Gasteiger partial charge in [-0.05, 0) is 0 Å². The monoisotopic (exact) mass is 244 g/mol. The fourth-order valence-electron chi connectivity index (χ4n) is 1.03. The molecule has 0 aromatic rings. The summed E-state index contributed by atoms with van der Waals surface area (Å²) in [6.07, 6.45) is -0.695. The van der Waals surface area contributed by atoms with Crippen LogP contribution in [0.4, 0.5) is 0 Å². The van der Waals surface area contributed by atoms with E-state index >= 15 is 0 Å². The van der Waals surface area contributed by atoms with E-state index in [2.05, 4.69) is 0 Å². The third kappa shape index (κ3) is 2.27. The van der Waals surface area contributed by atoms with Crippen LogP contribution in [0.1, 0.15) is 0 Å². The summed E-state index contributed by atoms with van der Waals surface area (Å²) >= 11 is -0.0526. The van der Waals surface area contributed by atoms with Crippen LogP contribution in [0.2, 0.25) is 4.82 Å². The molecule has 2 unspecified atom stereocenters. The zero-order valence-electron chi connectivity index (χ0n) is 5.80. The summed E-state index contributed by atoms with van der Waals surface area (Å²) in [5.74, 6) is 0.00905. The molecule has 1 aliphatic heterocycles. The van der Waals surface area contributed by atoms with E-state index in [-0.39, 0.29) is 31.3 Å². The van der Waals surface area contributed by atoms with Crippen LogP contribution in [-0.4, -0.2) is 51.2 Å². The third-order valence-electron chi connectivity index (χ3n) is 1.53. The average molecular weight is 243 g/mol. The zero-order valence-corrected chi connectivity index (χ0v) is 8.33. The van der Waals surface area contributed by atoms with Gasteiger partial charge in [0.05, 0.1) is 0 Å². The topological polar surface area (TPSA) is 80.0 Å². The van der Waals surface area contributed by atoms with Crippen molar-refractivity contribution in [2.24, 2.45) is 0 Å². The van der Waals surface area contributed by atoms with Gasteiger partial charge in [0.25, 0.3) is 0 Å². The molecule has 0 aromatic heterocycles. The van der Waals surface area contributed by atoms with Gasteiger partial charge >= 0.3 is 71.3 Å². The van der Waals surface area contributed by atoms with Crippen molar-refractivity contribution in [1.82, 2.24) is 0 Å². The molecule has 0 spiro atoms. The molecule has 11 heavy (non-hydrogen) atoms. The van der Waals surface area contributed by atoms with Gasteiger partial charge < -0.3 is 0 Å². The molecule has 0 aliphatic carbocycles. The Labute approximate surface area is 71.6 Å². The minimum atomic E-state index is -2.98.